The highest BCUT2D eigenvalue weighted by Crippen LogP contribution is 2.04. The summed E-state index contributed by atoms with van der Waals surface area (Å²) in [6.45, 7) is 2.92. The molecule has 0 bridgehead atoms. The SMILES string of the molecule is CCCNc1ccc(C(=O)NCCS(=O)(=O)NC)cn1. The quantitative estimate of drug-likeness (QED) is 0.636. The van der Waals surface area contributed by atoms with Gasteiger partial charge in [0.15, 0.2) is 0 Å². The van der Waals surface area contributed by atoms with E-state index in [1.165, 1.54) is 13.2 Å². The van der Waals surface area contributed by atoms with Gasteiger partial charge in [-0.2, -0.15) is 0 Å². The molecule has 8 heteroatoms. The molecule has 7 nitrogen and oxygen atoms in total. The number of carbonyl (C=O) groups is 1. The Hall–Kier alpha value is -1.67. The molecule has 0 aliphatic heterocycles. The topological polar surface area (TPSA) is 100 Å². The number of amides is 1. The van der Waals surface area contributed by atoms with Crippen LogP contribution in [0.1, 0.15) is 23.7 Å². The van der Waals surface area contributed by atoms with Crippen LogP contribution in [0, 0.1) is 0 Å². The first-order chi connectivity index (χ1) is 9.48. The minimum Gasteiger partial charge on any atom is -0.370 e. The molecule has 0 fully saturated rings. The van der Waals surface area contributed by atoms with Crippen LogP contribution in [0.25, 0.3) is 0 Å². The molecule has 0 unspecified atom stereocenters. The van der Waals surface area contributed by atoms with Crippen molar-refractivity contribution >= 4 is 21.7 Å². The number of sulfonamides is 1. The van der Waals surface area contributed by atoms with E-state index in [-0.39, 0.29) is 18.2 Å². The largest absolute Gasteiger partial charge is 0.370 e. The van der Waals surface area contributed by atoms with Crippen molar-refractivity contribution in [3.05, 3.63) is 23.9 Å². The number of nitrogens with one attached hydrogen (secondary N) is 3. The van der Waals surface area contributed by atoms with Crippen LogP contribution in [0.3, 0.4) is 0 Å². The van der Waals surface area contributed by atoms with Crippen molar-refractivity contribution in [2.75, 3.05) is 31.2 Å². The zero-order valence-corrected chi connectivity index (χ0v) is 12.5. The highest BCUT2D eigenvalue weighted by molar-refractivity contribution is 7.89. The number of pyridine rings is 1. The van der Waals surface area contributed by atoms with E-state index in [0.717, 1.165) is 13.0 Å². The summed E-state index contributed by atoms with van der Waals surface area (Å²) < 4.78 is 24.5. The molecule has 0 saturated carbocycles. The average molecular weight is 300 g/mol. The summed E-state index contributed by atoms with van der Waals surface area (Å²) in [6.07, 6.45) is 2.45. The lowest BCUT2D eigenvalue weighted by atomic mass is 10.2. The van der Waals surface area contributed by atoms with E-state index in [9.17, 15) is 13.2 Å². The molecule has 0 aliphatic rings. The molecule has 0 saturated heterocycles. The number of rotatable bonds is 8. The second kappa shape index (κ2) is 7.81. The van der Waals surface area contributed by atoms with E-state index >= 15 is 0 Å². The number of anilines is 1. The molecule has 0 atom stereocenters. The van der Waals surface area contributed by atoms with Gasteiger partial charge in [-0.15, -0.1) is 0 Å². The van der Waals surface area contributed by atoms with Gasteiger partial charge in [0.05, 0.1) is 11.3 Å². The van der Waals surface area contributed by atoms with E-state index in [4.69, 9.17) is 0 Å². The maximum Gasteiger partial charge on any atom is 0.252 e. The maximum atomic E-state index is 11.8. The molecule has 3 N–H and O–H groups in total. The fourth-order valence-electron chi connectivity index (χ4n) is 1.39. The third-order valence-electron chi connectivity index (χ3n) is 2.55. The first-order valence-corrected chi connectivity index (χ1v) is 8.03. The molecule has 0 radical (unpaired) electrons. The van der Waals surface area contributed by atoms with Crippen LogP contribution in [-0.2, 0) is 10.0 Å². The van der Waals surface area contributed by atoms with Crippen LogP contribution in [0.5, 0.6) is 0 Å². The fourth-order valence-corrected chi connectivity index (χ4v) is 1.96. The van der Waals surface area contributed by atoms with Gasteiger partial charge >= 0.3 is 0 Å². The normalized spacial score (nSPS) is 11.1. The van der Waals surface area contributed by atoms with Gasteiger partial charge < -0.3 is 10.6 Å². The second-order valence-corrected chi connectivity index (χ2v) is 6.18. The lowest BCUT2D eigenvalue weighted by Gasteiger charge is -2.07. The Labute approximate surface area is 119 Å². The Morgan fingerprint density at radius 3 is 2.60 bits per heavy atom. The highest BCUT2D eigenvalue weighted by atomic mass is 32.2. The average Bonchev–Trinajstić information content (AvgIpc) is 2.45. The molecule has 1 heterocycles. The standard InChI is InChI=1S/C12H20N4O3S/c1-3-6-14-11-5-4-10(9-16-11)12(17)15-7-8-20(18,19)13-2/h4-5,9,13H,3,6-8H2,1-2H3,(H,14,16)(H,15,17). The Morgan fingerprint density at radius 1 is 1.30 bits per heavy atom. The summed E-state index contributed by atoms with van der Waals surface area (Å²) in [5.41, 5.74) is 0.397. The van der Waals surface area contributed by atoms with E-state index in [2.05, 4.69) is 20.3 Å². The first-order valence-electron chi connectivity index (χ1n) is 6.38. The van der Waals surface area contributed by atoms with E-state index in [1.54, 1.807) is 12.1 Å². The van der Waals surface area contributed by atoms with Crippen LogP contribution in [-0.4, -0.2) is 45.2 Å². The molecule has 1 aromatic heterocycles. The van der Waals surface area contributed by atoms with E-state index in [1.807, 2.05) is 6.92 Å². The zero-order chi connectivity index (χ0) is 15.0. The Balaban J connectivity index is 2.47. The maximum absolute atomic E-state index is 11.8. The van der Waals surface area contributed by atoms with Gasteiger partial charge in [-0.1, -0.05) is 6.92 Å². The van der Waals surface area contributed by atoms with Crippen LogP contribution < -0.4 is 15.4 Å². The van der Waals surface area contributed by atoms with Gasteiger partial charge in [0, 0.05) is 19.3 Å². The van der Waals surface area contributed by atoms with Crippen LogP contribution >= 0.6 is 0 Å². The van der Waals surface area contributed by atoms with Crippen LogP contribution in [0.2, 0.25) is 0 Å². The van der Waals surface area contributed by atoms with E-state index in [0.29, 0.717) is 11.4 Å². The highest BCUT2D eigenvalue weighted by Gasteiger charge is 2.09. The predicted octanol–water partition coefficient (Wildman–Crippen LogP) is 0.183. The molecular weight excluding hydrogens is 280 g/mol. The third kappa shape index (κ3) is 5.54. The number of hydrogen-bond donors (Lipinski definition) is 3. The van der Waals surface area contributed by atoms with E-state index < -0.39 is 10.0 Å². The summed E-state index contributed by atoms with van der Waals surface area (Å²) >= 11 is 0. The molecule has 0 spiro atoms. The fraction of sp³-hybridized carbons (Fsp3) is 0.500. The zero-order valence-electron chi connectivity index (χ0n) is 11.6. The summed E-state index contributed by atoms with van der Waals surface area (Å²) in [4.78, 5) is 15.9. The van der Waals surface area contributed by atoms with Crippen LogP contribution in [0.4, 0.5) is 5.82 Å². The molecular formula is C12H20N4O3S. The van der Waals surface area contributed by atoms with Gasteiger partial charge in [-0.05, 0) is 25.6 Å². The van der Waals surface area contributed by atoms with Crippen molar-refractivity contribution in [1.82, 2.24) is 15.0 Å². The van der Waals surface area contributed by atoms with Crippen molar-refractivity contribution in [3.63, 3.8) is 0 Å². The van der Waals surface area contributed by atoms with Crippen molar-refractivity contribution in [2.24, 2.45) is 0 Å². The van der Waals surface area contributed by atoms with Crippen molar-refractivity contribution in [1.29, 1.82) is 0 Å². The van der Waals surface area contributed by atoms with Gasteiger partial charge in [0.25, 0.3) is 5.91 Å². The summed E-state index contributed by atoms with van der Waals surface area (Å²) in [6, 6.07) is 3.36. The number of nitrogens with zero attached hydrogens (tertiary/aromatic N) is 1. The molecule has 0 aromatic carbocycles. The first kappa shape index (κ1) is 16.4. The Kier molecular flexibility index (Phi) is 6.40. The van der Waals surface area contributed by atoms with Gasteiger partial charge in [0.1, 0.15) is 5.82 Å². The smallest absolute Gasteiger partial charge is 0.252 e. The minimum atomic E-state index is -3.30. The summed E-state index contributed by atoms with van der Waals surface area (Å²) in [5, 5.41) is 5.63. The lowest BCUT2D eigenvalue weighted by molar-refractivity contribution is 0.0956. The third-order valence-corrected chi connectivity index (χ3v) is 3.91. The number of hydrogen-bond acceptors (Lipinski definition) is 5. The van der Waals surface area contributed by atoms with Gasteiger partial charge in [-0.25, -0.2) is 18.1 Å². The molecule has 1 aromatic rings. The van der Waals surface area contributed by atoms with Gasteiger partial charge in [-0.3, -0.25) is 4.79 Å². The Morgan fingerprint density at radius 2 is 2.05 bits per heavy atom. The summed E-state index contributed by atoms with van der Waals surface area (Å²) in [5.74, 6) is 0.214. The predicted molar refractivity (Wildman–Crippen MR) is 78.2 cm³/mol. The monoisotopic (exact) mass is 300 g/mol. The molecule has 0 aliphatic carbocycles. The van der Waals surface area contributed by atoms with Gasteiger partial charge in [0.2, 0.25) is 10.0 Å². The van der Waals surface area contributed by atoms with Crippen molar-refractivity contribution in [2.45, 2.75) is 13.3 Å². The molecule has 1 amide bonds. The molecule has 112 valence electrons. The second-order valence-electron chi connectivity index (χ2n) is 4.14. The minimum absolute atomic E-state index is 0.0534. The molecule has 1 rings (SSSR count). The summed E-state index contributed by atoms with van der Waals surface area (Å²) in [7, 11) is -1.97. The number of carbonyl (C=O) groups excluding carboxylic acids is 1. The Bertz CT molecular complexity index is 528. The van der Waals surface area contributed by atoms with Crippen molar-refractivity contribution in [3.8, 4) is 0 Å². The lowest BCUT2D eigenvalue weighted by Crippen LogP contribution is -2.33. The number of aromatic nitrogens is 1. The van der Waals surface area contributed by atoms with Crippen molar-refractivity contribution < 1.29 is 13.2 Å². The molecule has 20 heavy (non-hydrogen) atoms. The van der Waals surface area contributed by atoms with Crippen LogP contribution in [0.15, 0.2) is 18.3 Å².